The van der Waals surface area contributed by atoms with Crippen molar-refractivity contribution in [3.8, 4) is 5.75 Å². The summed E-state index contributed by atoms with van der Waals surface area (Å²) in [5.74, 6) is 2.59. The first-order valence-electron chi connectivity index (χ1n) is 12.4. The van der Waals surface area contributed by atoms with Gasteiger partial charge in [0.25, 0.3) is 0 Å². The number of ether oxygens (including phenoxy) is 3. The van der Waals surface area contributed by atoms with Crippen LogP contribution in [0.1, 0.15) is 65.6 Å². The van der Waals surface area contributed by atoms with Gasteiger partial charge < -0.3 is 19.3 Å². The molecule has 4 saturated carbocycles. The second kappa shape index (κ2) is 9.93. The van der Waals surface area contributed by atoms with Crippen molar-refractivity contribution in [3.63, 3.8) is 0 Å². The number of carboxylic acid groups (broad SMARTS) is 1. The third-order valence-corrected chi connectivity index (χ3v) is 7.97. The van der Waals surface area contributed by atoms with E-state index in [0.29, 0.717) is 18.8 Å². The maximum absolute atomic E-state index is 11.1. The maximum Gasteiger partial charge on any atom is 0.335 e. The van der Waals surface area contributed by atoms with Gasteiger partial charge in [-0.25, -0.2) is 4.79 Å². The SMILES string of the molecule is COCCOCOc1ccc(C=Cc2ccc(C(=O)O)cc2)cc1C12CC3CC(CC(C3)C1)C2. The van der Waals surface area contributed by atoms with Gasteiger partial charge in [-0.2, -0.15) is 0 Å². The number of aromatic carboxylic acids is 1. The lowest BCUT2D eigenvalue weighted by Gasteiger charge is -2.57. The normalized spacial score (nSPS) is 27.4. The zero-order chi connectivity index (χ0) is 23.5. The Balaban J connectivity index is 1.40. The van der Waals surface area contributed by atoms with E-state index < -0.39 is 5.97 Å². The molecule has 0 radical (unpaired) electrons. The van der Waals surface area contributed by atoms with Crippen LogP contribution in [0.5, 0.6) is 5.75 Å². The lowest BCUT2D eigenvalue weighted by Crippen LogP contribution is -2.48. The van der Waals surface area contributed by atoms with Crippen LogP contribution in [0.4, 0.5) is 0 Å². The van der Waals surface area contributed by atoms with Crippen molar-refractivity contribution in [2.45, 2.75) is 43.9 Å². The minimum Gasteiger partial charge on any atom is -0.478 e. The molecule has 34 heavy (non-hydrogen) atoms. The van der Waals surface area contributed by atoms with Crippen LogP contribution >= 0.6 is 0 Å². The van der Waals surface area contributed by atoms with E-state index in [2.05, 4.69) is 24.3 Å². The fourth-order valence-electron chi connectivity index (χ4n) is 6.87. The van der Waals surface area contributed by atoms with E-state index in [1.165, 1.54) is 44.1 Å². The van der Waals surface area contributed by atoms with Gasteiger partial charge in [0.1, 0.15) is 5.75 Å². The molecular weight excluding hydrogens is 428 g/mol. The minimum atomic E-state index is -0.905. The van der Waals surface area contributed by atoms with Gasteiger partial charge in [0, 0.05) is 12.7 Å². The van der Waals surface area contributed by atoms with Gasteiger partial charge in [-0.05, 0) is 97.1 Å². The number of hydrogen-bond donors (Lipinski definition) is 1. The van der Waals surface area contributed by atoms with Crippen LogP contribution in [0.25, 0.3) is 12.2 Å². The molecule has 0 saturated heterocycles. The van der Waals surface area contributed by atoms with E-state index in [1.807, 2.05) is 18.2 Å². The van der Waals surface area contributed by atoms with Gasteiger partial charge in [0.2, 0.25) is 0 Å². The van der Waals surface area contributed by atoms with E-state index in [9.17, 15) is 4.79 Å². The first kappa shape index (κ1) is 23.1. The molecule has 4 bridgehead atoms. The summed E-state index contributed by atoms with van der Waals surface area (Å²) in [7, 11) is 1.67. The van der Waals surface area contributed by atoms with Crippen LogP contribution in [0.2, 0.25) is 0 Å². The van der Waals surface area contributed by atoms with Crippen molar-refractivity contribution in [2.75, 3.05) is 27.1 Å². The minimum absolute atomic E-state index is 0.212. The fraction of sp³-hybridized carbons (Fsp3) is 0.483. The van der Waals surface area contributed by atoms with Crippen LogP contribution in [0, 0.1) is 17.8 Å². The smallest absolute Gasteiger partial charge is 0.335 e. The summed E-state index contributed by atoms with van der Waals surface area (Å²) in [5, 5.41) is 9.12. The first-order chi connectivity index (χ1) is 16.5. The van der Waals surface area contributed by atoms with Crippen LogP contribution in [-0.4, -0.2) is 38.2 Å². The highest BCUT2D eigenvalue weighted by molar-refractivity contribution is 5.88. The largest absolute Gasteiger partial charge is 0.478 e. The van der Waals surface area contributed by atoms with Crippen LogP contribution in [-0.2, 0) is 14.9 Å². The van der Waals surface area contributed by atoms with E-state index >= 15 is 0 Å². The van der Waals surface area contributed by atoms with E-state index in [1.54, 1.807) is 19.2 Å². The molecular formula is C29H34O5. The second-order valence-electron chi connectivity index (χ2n) is 10.4. The third kappa shape index (κ3) is 4.91. The summed E-state index contributed by atoms with van der Waals surface area (Å²) >= 11 is 0. The zero-order valence-corrected chi connectivity index (χ0v) is 19.9. The van der Waals surface area contributed by atoms with Gasteiger partial charge in [0.15, 0.2) is 6.79 Å². The second-order valence-corrected chi connectivity index (χ2v) is 10.4. The molecule has 0 amide bonds. The van der Waals surface area contributed by atoms with Crippen molar-refractivity contribution in [3.05, 3.63) is 64.7 Å². The summed E-state index contributed by atoms with van der Waals surface area (Å²) < 4.78 is 16.8. The molecule has 0 heterocycles. The number of carbonyl (C=O) groups is 1. The van der Waals surface area contributed by atoms with Crippen molar-refractivity contribution >= 4 is 18.1 Å². The Kier molecular flexibility index (Phi) is 6.75. The Bertz CT molecular complexity index is 1000. The predicted molar refractivity (Wildman–Crippen MR) is 132 cm³/mol. The molecule has 0 aromatic heterocycles. The molecule has 180 valence electrons. The Morgan fingerprint density at radius 1 is 0.941 bits per heavy atom. The Hall–Kier alpha value is -2.63. The Morgan fingerprint density at radius 2 is 1.56 bits per heavy atom. The standard InChI is InChI=1S/C29H34O5/c1-32-10-11-33-19-34-27-9-6-21(3-2-20-4-7-25(8-5-20)28(30)31)15-26(27)29-16-22-12-23(17-29)14-24(13-22)18-29/h2-9,15,22-24H,10-14,16-19H2,1H3,(H,30,31). The van der Waals surface area contributed by atoms with E-state index in [0.717, 1.165) is 34.6 Å². The Labute approximate surface area is 201 Å². The third-order valence-electron chi connectivity index (χ3n) is 7.97. The molecule has 5 nitrogen and oxygen atoms in total. The highest BCUT2D eigenvalue weighted by Gasteiger charge is 2.52. The molecule has 0 atom stereocenters. The molecule has 1 N–H and O–H groups in total. The molecule has 2 aromatic carbocycles. The topological polar surface area (TPSA) is 65.0 Å². The molecule has 4 aliphatic rings. The predicted octanol–water partition coefficient (Wildman–Crippen LogP) is 6.02. The van der Waals surface area contributed by atoms with Crippen LogP contribution in [0.3, 0.4) is 0 Å². The van der Waals surface area contributed by atoms with Gasteiger partial charge >= 0.3 is 5.97 Å². The molecule has 5 heteroatoms. The summed E-state index contributed by atoms with van der Waals surface area (Å²) in [6, 6.07) is 13.5. The highest BCUT2D eigenvalue weighted by Crippen LogP contribution is 2.62. The number of carboxylic acids is 1. The molecule has 0 spiro atoms. The molecule has 4 fully saturated rings. The monoisotopic (exact) mass is 462 g/mol. The fourth-order valence-corrected chi connectivity index (χ4v) is 6.87. The van der Waals surface area contributed by atoms with Crippen molar-refractivity contribution in [2.24, 2.45) is 17.8 Å². The van der Waals surface area contributed by atoms with Gasteiger partial charge in [-0.3, -0.25) is 0 Å². The van der Waals surface area contributed by atoms with Crippen molar-refractivity contribution < 1.29 is 24.1 Å². The molecule has 2 aromatic rings. The number of hydrogen-bond acceptors (Lipinski definition) is 4. The molecule has 6 rings (SSSR count). The zero-order valence-electron chi connectivity index (χ0n) is 19.9. The lowest BCUT2D eigenvalue weighted by atomic mass is 9.48. The highest BCUT2D eigenvalue weighted by atomic mass is 16.7. The van der Waals surface area contributed by atoms with Crippen molar-refractivity contribution in [1.29, 1.82) is 0 Å². The molecule has 0 aliphatic heterocycles. The molecule has 4 aliphatic carbocycles. The van der Waals surface area contributed by atoms with Crippen LogP contribution in [0.15, 0.2) is 42.5 Å². The summed E-state index contributed by atoms with van der Waals surface area (Å²) in [6.07, 6.45) is 12.2. The van der Waals surface area contributed by atoms with Gasteiger partial charge in [0.05, 0.1) is 18.8 Å². The quantitative estimate of drug-likeness (QED) is 0.266. The van der Waals surface area contributed by atoms with Gasteiger partial charge in [-0.15, -0.1) is 0 Å². The average Bonchev–Trinajstić information content (AvgIpc) is 2.82. The molecule has 0 unspecified atom stereocenters. The number of rotatable bonds is 10. The summed E-state index contributed by atoms with van der Waals surface area (Å²) in [4.78, 5) is 11.1. The maximum atomic E-state index is 11.1. The lowest BCUT2D eigenvalue weighted by molar-refractivity contribution is -0.0189. The summed E-state index contributed by atoms with van der Waals surface area (Å²) in [6.45, 7) is 1.31. The van der Waals surface area contributed by atoms with Crippen molar-refractivity contribution in [1.82, 2.24) is 0 Å². The average molecular weight is 463 g/mol. The number of benzene rings is 2. The summed E-state index contributed by atoms with van der Waals surface area (Å²) in [5.41, 5.74) is 3.97. The van der Waals surface area contributed by atoms with Gasteiger partial charge in [-0.1, -0.05) is 30.4 Å². The first-order valence-corrected chi connectivity index (χ1v) is 12.4. The van der Waals surface area contributed by atoms with E-state index in [4.69, 9.17) is 19.3 Å². The van der Waals surface area contributed by atoms with Crippen LogP contribution < -0.4 is 4.74 Å². The van der Waals surface area contributed by atoms with E-state index in [-0.39, 0.29) is 12.2 Å². The number of methoxy groups -OCH3 is 1. The Morgan fingerprint density at radius 3 is 2.18 bits per heavy atom.